The Morgan fingerprint density at radius 3 is 2.90 bits per heavy atom. The molecule has 21 heavy (non-hydrogen) atoms. The van der Waals surface area contributed by atoms with E-state index >= 15 is 0 Å². The molecule has 2 rings (SSSR count). The lowest BCUT2D eigenvalue weighted by Crippen LogP contribution is -2.42. The average Bonchev–Trinajstić information content (AvgIpc) is 3.10. The van der Waals surface area contributed by atoms with Crippen molar-refractivity contribution in [1.82, 2.24) is 15.2 Å². The number of terminal acetylenes is 1. The second-order valence-electron chi connectivity index (χ2n) is 5.08. The van der Waals surface area contributed by atoms with E-state index < -0.39 is 5.97 Å². The molecular formula is C14H17N3O3S. The van der Waals surface area contributed by atoms with Crippen molar-refractivity contribution in [2.75, 3.05) is 13.1 Å². The number of amides is 2. The van der Waals surface area contributed by atoms with Gasteiger partial charge in [-0.05, 0) is 25.7 Å². The van der Waals surface area contributed by atoms with Gasteiger partial charge >= 0.3 is 12.0 Å². The van der Waals surface area contributed by atoms with Gasteiger partial charge in [0, 0.05) is 11.9 Å². The summed E-state index contributed by atoms with van der Waals surface area (Å²) in [5, 5.41) is 13.7. The Morgan fingerprint density at radius 2 is 2.38 bits per heavy atom. The third kappa shape index (κ3) is 4.20. The van der Waals surface area contributed by atoms with E-state index in [-0.39, 0.29) is 24.3 Å². The summed E-state index contributed by atoms with van der Waals surface area (Å²) in [6.45, 7) is 2.71. The highest BCUT2D eigenvalue weighted by molar-refractivity contribution is 7.09. The summed E-state index contributed by atoms with van der Waals surface area (Å²) >= 11 is 1.21. The van der Waals surface area contributed by atoms with E-state index in [1.54, 1.807) is 11.8 Å². The minimum absolute atomic E-state index is 0.00504. The highest BCUT2D eigenvalue weighted by Crippen LogP contribution is 2.29. The molecule has 1 saturated carbocycles. The normalized spacial score (nSPS) is 15.0. The molecule has 0 aliphatic heterocycles. The van der Waals surface area contributed by atoms with Gasteiger partial charge in [0.15, 0.2) is 5.69 Å². The molecule has 1 atom stereocenters. The summed E-state index contributed by atoms with van der Waals surface area (Å²) in [4.78, 5) is 28.6. The molecule has 0 bridgehead atoms. The lowest BCUT2D eigenvalue weighted by atomic mass is 10.3. The van der Waals surface area contributed by atoms with Gasteiger partial charge < -0.3 is 15.3 Å². The Kier molecular flexibility index (Phi) is 4.81. The number of carboxylic acids is 1. The van der Waals surface area contributed by atoms with Crippen molar-refractivity contribution in [2.24, 2.45) is 5.92 Å². The van der Waals surface area contributed by atoms with Crippen molar-refractivity contribution in [2.45, 2.75) is 25.8 Å². The topological polar surface area (TPSA) is 82.5 Å². The number of carboxylic acid groups (broad SMARTS) is 1. The molecule has 2 amide bonds. The zero-order valence-electron chi connectivity index (χ0n) is 11.7. The van der Waals surface area contributed by atoms with Crippen LogP contribution >= 0.6 is 11.3 Å². The first-order chi connectivity index (χ1) is 10.0. The van der Waals surface area contributed by atoms with Gasteiger partial charge in [0.25, 0.3) is 0 Å². The van der Waals surface area contributed by atoms with E-state index in [0.29, 0.717) is 17.5 Å². The van der Waals surface area contributed by atoms with E-state index in [0.717, 1.165) is 12.8 Å². The second-order valence-corrected chi connectivity index (χ2v) is 5.97. The van der Waals surface area contributed by atoms with Crippen LogP contribution in [0.15, 0.2) is 5.38 Å². The van der Waals surface area contributed by atoms with Crippen LogP contribution in [0.5, 0.6) is 0 Å². The molecular weight excluding hydrogens is 290 g/mol. The molecule has 1 fully saturated rings. The van der Waals surface area contributed by atoms with E-state index in [9.17, 15) is 9.59 Å². The lowest BCUT2D eigenvalue weighted by molar-refractivity contribution is 0.0691. The largest absolute Gasteiger partial charge is 0.476 e. The second kappa shape index (κ2) is 6.59. The minimum Gasteiger partial charge on any atom is -0.476 e. The van der Waals surface area contributed by atoms with Gasteiger partial charge in [-0.2, -0.15) is 0 Å². The zero-order valence-corrected chi connectivity index (χ0v) is 12.5. The molecule has 1 aliphatic carbocycles. The van der Waals surface area contributed by atoms with Crippen molar-refractivity contribution in [3.63, 3.8) is 0 Å². The Morgan fingerprint density at radius 1 is 1.67 bits per heavy atom. The molecule has 112 valence electrons. The van der Waals surface area contributed by atoms with E-state index in [1.807, 2.05) is 0 Å². The number of thiazole rings is 1. The third-order valence-electron chi connectivity index (χ3n) is 3.20. The molecule has 0 saturated heterocycles. The van der Waals surface area contributed by atoms with E-state index in [1.165, 1.54) is 16.7 Å². The van der Waals surface area contributed by atoms with Crippen LogP contribution in [0.1, 0.15) is 41.3 Å². The predicted molar refractivity (Wildman–Crippen MR) is 79.2 cm³/mol. The molecule has 2 N–H and O–H groups in total. The smallest absolute Gasteiger partial charge is 0.355 e. The molecule has 0 spiro atoms. The molecule has 0 radical (unpaired) electrons. The number of nitrogens with zero attached hydrogens (tertiary/aromatic N) is 2. The van der Waals surface area contributed by atoms with Crippen LogP contribution in [0.25, 0.3) is 0 Å². The first kappa shape index (κ1) is 15.3. The first-order valence-corrected chi connectivity index (χ1v) is 7.56. The van der Waals surface area contributed by atoms with Gasteiger partial charge in [-0.15, -0.1) is 17.8 Å². The summed E-state index contributed by atoms with van der Waals surface area (Å²) in [7, 11) is 0. The van der Waals surface area contributed by atoms with Gasteiger partial charge in [-0.1, -0.05) is 5.92 Å². The van der Waals surface area contributed by atoms with Crippen LogP contribution in [0, 0.1) is 18.3 Å². The maximum atomic E-state index is 12.2. The van der Waals surface area contributed by atoms with Crippen molar-refractivity contribution >= 4 is 23.3 Å². The number of rotatable bonds is 6. The zero-order chi connectivity index (χ0) is 15.4. The maximum absolute atomic E-state index is 12.2. The number of hydrogen-bond acceptors (Lipinski definition) is 4. The van der Waals surface area contributed by atoms with E-state index in [4.69, 9.17) is 11.5 Å². The minimum atomic E-state index is -1.07. The van der Waals surface area contributed by atoms with Crippen LogP contribution in [0.3, 0.4) is 0 Å². The third-order valence-corrected chi connectivity index (χ3v) is 4.22. The summed E-state index contributed by atoms with van der Waals surface area (Å²) in [6.07, 6.45) is 7.57. The van der Waals surface area contributed by atoms with Crippen molar-refractivity contribution in [1.29, 1.82) is 0 Å². The predicted octanol–water partition coefficient (Wildman–Crippen LogP) is 1.96. The number of urea groups is 1. The SMILES string of the molecule is C#CCN(CC1CC1)C(=O)NC(C)c1nc(C(=O)O)cs1. The quantitative estimate of drug-likeness (QED) is 0.787. The summed E-state index contributed by atoms with van der Waals surface area (Å²) in [5.74, 6) is 1.97. The highest BCUT2D eigenvalue weighted by Gasteiger charge is 2.27. The van der Waals surface area contributed by atoms with Crippen LogP contribution < -0.4 is 5.32 Å². The molecule has 7 heteroatoms. The monoisotopic (exact) mass is 307 g/mol. The van der Waals surface area contributed by atoms with E-state index in [2.05, 4.69) is 16.2 Å². The fourth-order valence-corrected chi connectivity index (χ4v) is 2.66. The Balaban J connectivity index is 1.95. The number of nitrogens with one attached hydrogen (secondary N) is 1. The first-order valence-electron chi connectivity index (χ1n) is 6.69. The number of aromatic nitrogens is 1. The number of carbonyl (C=O) groups is 2. The fourth-order valence-electron chi connectivity index (χ4n) is 1.86. The molecule has 6 nitrogen and oxygen atoms in total. The lowest BCUT2D eigenvalue weighted by Gasteiger charge is -2.22. The maximum Gasteiger partial charge on any atom is 0.355 e. The Bertz CT molecular complexity index is 574. The molecule has 1 aromatic heterocycles. The van der Waals surface area contributed by atoms with Crippen LogP contribution in [-0.4, -0.2) is 40.1 Å². The van der Waals surface area contributed by atoms with Gasteiger partial charge in [0.05, 0.1) is 12.6 Å². The van der Waals surface area contributed by atoms with Crippen molar-refractivity contribution in [3.05, 3.63) is 16.1 Å². The standard InChI is InChI=1S/C14H17N3O3S/c1-3-6-17(7-10-4-5-10)14(20)15-9(2)12-16-11(8-21-12)13(18)19/h1,8-10H,4-7H2,2H3,(H,15,20)(H,18,19). The van der Waals surface area contributed by atoms with Crippen LogP contribution in [-0.2, 0) is 0 Å². The van der Waals surface area contributed by atoms with Crippen molar-refractivity contribution < 1.29 is 14.7 Å². The molecule has 1 unspecified atom stereocenters. The summed E-state index contributed by atoms with van der Waals surface area (Å²) in [5.41, 5.74) is -0.00504. The Labute approximate surface area is 127 Å². The fraction of sp³-hybridized carbons (Fsp3) is 0.500. The molecule has 1 aliphatic rings. The van der Waals surface area contributed by atoms with Gasteiger partial charge in [0.1, 0.15) is 5.01 Å². The van der Waals surface area contributed by atoms with Gasteiger partial charge in [-0.3, -0.25) is 0 Å². The number of carbonyl (C=O) groups excluding carboxylic acids is 1. The molecule has 0 aromatic carbocycles. The number of aromatic carboxylic acids is 1. The Hall–Kier alpha value is -2.07. The highest BCUT2D eigenvalue weighted by atomic mass is 32.1. The summed E-state index contributed by atoms with van der Waals surface area (Å²) in [6, 6.07) is -0.588. The van der Waals surface area contributed by atoms with Crippen LogP contribution in [0.4, 0.5) is 4.79 Å². The molecule has 1 heterocycles. The van der Waals surface area contributed by atoms with Crippen molar-refractivity contribution in [3.8, 4) is 12.3 Å². The van der Waals surface area contributed by atoms with Gasteiger partial charge in [-0.25, -0.2) is 14.6 Å². The number of hydrogen-bond donors (Lipinski definition) is 2. The molecule has 1 aromatic rings. The summed E-state index contributed by atoms with van der Waals surface area (Å²) < 4.78 is 0. The average molecular weight is 307 g/mol. The van der Waals surface area contributed by atoms with Gasteiger partial charge in [0.2, 0.25) is 0 Å². The van der Waals surface area contributed by atoms with Crippen LogP contribution in [0.2, 0.25) is 0 Å².